The summed E-state index contributed by atoms with van der Waals surface area (Å²) >= 11 is 0. The Balaban J connectivity index is 0.00000169. The van der Waals surface area contributed by atoms with E-state index in [0.717, 1.165) is 11.4 Å². The molecule has 0 saturated heterocycles. The molecule has 0 fully saturated rings. The number of aromatic nitrogens is 2. The number of anilines is 4. The molecular weight excluding hydrogens is 489 g/mol. The van der Waals surface area contributed by atoms with Crippen LogP contribution >= 0.6 is 0 Å². The van der Waals surface area contributed by atoms with E-state index in [0.29, 0.717) is 11.6 Å². The second-order valence-corrected chi connectivity index (χ2v) is 5.01. The molecule has 4 nitrogen and oxygen atoms in total. The van der Waals surface area contributed by atoms with Gasteiger partial charge in [-0.25, -0.2) is 18.7 Å². The number of nitrogens with zero attached hydrogens (tertiary/aromatic N) is 4. The van der Waals surface area contributed by atoms with Gasteiger partial charge in [0.15, 0.2) is 0 Å². The first-order chi connectivity index (χ1) is 11.2. The second-order valence-electron chi connectivity index (χ2n) is 5.01. The molecule has 0 N–H and O–H groups in total. The molecule has 1 aromatic carbocycles. The van der Waals surface area contributed by atoms with Crippen molar-refractivity contribution in [2.75, 3.05) is 9.62 Å². The fourth-order valence-corrected chi connectivity index (χ4v) is 2.53. The molecule has 1 aliphatic rings. The van der Waals surface area contributed by atoms with Crippen molar-refractivity contribution in [3.63, 3.8) is 0 Å². The van der Waals surface area contributed by atoms with E-state index < -0.39 is 0 Å². The maximum atomic E-state index is 13.5. The molecular formula is C16H10BF2IrN4. The van der Waals surface area contributed by atoms with Crippen molar-refractivity contribution in [1.82, 2.24) is 9.97 Å². The van der Waals surface area contributed by atoms with Crippen LogP contribution in [0.25, 0.3) is 0 Å². The SMILES string of the molecule is Fc1ccnc(N2[B]N(c3cc(F)ccn3)c3ccccc32)c1.[Ir]. The molecule has 8 heteroatoms. The van der Waals surface area contributed by atoms with Gasteiger partial charge in [0, 0.05) is 44.6 Å². The van der Waals surface area contributed by atoms with Gasteiger partial charge in [-0.2, -0.15) is 0 Å². The Morgan fingerprint density at radius 1 is 0.750 bits per heavy atom. The summed E-state index contributed by atoms with van der Waals surface area (Å²) in [6, 6.07) is 12.8. The van der Waals surface area contributed by atoms with Gasteiger partial charge in [0.25, 0.3) is 0 Å². The van der Waals surface area contributed by atoms with E-state index in [1.165, 1.54) is 36.7 Å². The van der Waals surface area contributed by atoms with Crippen molar-refractivity contribution in [1.29, 1.82) is 0 Å². The van der Waals surface area contributed by atoms with Gasteiger partial charge in [-0.15, -0.1) is 0 Å². The van der Waals surface area contributed by atoms with Gasteiger partial charge in [-0.05, 0) is 24.3 Å². The minimum absolute atomic E-state index is 0. The van der Waals surface area contributed by atoms with E-state index in [1.807, 2.05) is 24.3 Å². The Hall–Kier alpha value is -2.31. The topological polar surface area (TPSA) is 32.3 Å². The Bertz CT molecular complexity index is 809. The van der Waals surface area contributed by atoms with E-state index in [1.54, 1.807) is 17.2 Å². The van der Waals surface area contributed by atoms with Crippen LogP contribution in [0.2, 0.25) is 0 Å². The van der Waals surface area contributed by atoms with Gasteiger partial charge in [-0.3, -0.25) is 0 Å². The molecule has 120 valence electrons. The smallest absolute Gasteiger partial charge is 0.351 e. The Morgan fingerprint density at radius 2 is 1.21 bits per heavy atom. The number of rotatable bonds is 2. The fraction of sp³-hybridized carbons (Fsp3) is 0. The molecule has 1 aliphatic heterocycles. The molecule has 2 aromatic heterocycles. The monoisotopic (exact) mass is 500 g/mol. The first kappa shape index (κ1) is 16.5. The Labute approximate surface area is 151 Å². The molecule has 0 bridgehead atoms. The predicted molar refractivity (Wildman–Crippen MR) is 84.9 cm³/mol. The summed E-state index contributed by atoms with van der Waals surface area (Å²) in [6.07, 6.45) is 2.81. The average Bonchev–Trinajstić information content (AvgIpc) is 2.95. The predicted octanol–water partition coefficient (Wildman–Crippen LogP) is 3.58. The number of halogens is 2. The Kier molecular flexibility index (Phi) is 4.60. The van der Waals surface area contributed by atoms with Crippen molar-refractivity contribution in [3.05, 3.63) is 72.6 Å². The standard InChI is InChI=1S/C16H10BF2N4.Ir/c18-11-5-7-20-15(9-11)22-13-3-1-2-4-14(13)23(17-22)16-10-12(19)6-8-21-16;/h1-10H;. The van der Waals surface area contributed by atoms with Gasteiger partial charge in [0.1, 0.15) is 23.3 Å². The van der Waals surface area contributed by atoms with Crippen LogP contribution in [0.15, 0.2) is 60.9 Å². The van der Waals surface area contributed by atoms with Gasteiger partial charge >= 0.3 is 7.55 Å². The summed E-state index contributed by atoms with van der Waals surface area (Å²) in [6.45, 7) is 0. The summed E-state index contributed by atoms with van der Waals surface area (Å²) in [5.74, 6) is 0.138. The summed E-state index contributed by atoms with van der Waals surface area (Å²) in [5.41, 5.74) is 1.63. The van der Waals surface area contributed by atoms with Crippen LogP contribution < -0.4 is 9.62 Å². The zero-order chi connectivity index (χ0) is 15.8. The maximum Gasteiger partial charge on any atom is 0.403 e. The van der Waals surface area contributed by atoms with Crippen molar-refractivity contribution in [2.24, 2.45) is 0 Å². The molecule has 24 heavy (non-hydrogen) atoms. The van der Waals surface area contributed by atoms with Gasteiger partial charge in [0.05, 0.1) is 11.4 Å². The number of hydrogen-bond donors (Lipinski definition) is 0. The van der Waals surface area contributed by atoms with Crippen molar-refractivity contribution in [2.45, 2.75) is 0 Å². The molecule has 0 saturated carbocycles. The number of benzene rings is 1. The summed E-state index contributed by atoms with van der Waals surface area (Å²) in [4.78, 5) is 11.9. The Morgan fingerprint density at radius 3 is 1.62 bits per heavy atom. The summed E-state index contributed by atoms with van der Waals surface area (Å²) in [7, 11) is 1.72. The third-order valence-corrected chi connectivity index (χ3v) is 3.54. The molecule has 4 rings (SSSR count). The van der Waals surface area contributed by atoms with Crippen molar-refractivity contribution >= 4 is 30.6 Å². The number of fused-ring (bicyclic) bond motifs is 1. The zero-order valence-electron chi connectivity index (χ0n) is 12.2. The van der Waals surface area contributed by atoms with Gasteiger partial charge in [-0.1, -0.05) is 12.1 Å². The van der Waals surface area contributed by atoms with Gasteiger partial charge < -0.3 is 9.62 Å². The van der Waals surface area contributed by atoms with Crippen molar-refractivity contribution < 1.29 is 28.9 Å². The first-order valence-electron chi connectivity index (χ1n) is 6.98. The number of pyridine rings is 2. The van der Waals surface area contributed by atoms with Crippen LogP contribution in [-0.4, -0.2) is 17.5 Å². The largest absolute Gasteiger partial charge is 0.403 e. The summed E-state index contributed by atoms with van der Waals surface area (Å²) in [5, 5.41) is 0. The van der Waals surface area contributed by atoms with E-state index in [2.05, 4.69) is 9.97 Å². The molecule has 3 aromatic rings. The minimum Gasteiger partial charge on any atom is -0.351 e. The van der Waals surface area contributed by atoms with Crippen LogP contribution in [0.1, 0.15) is 0 Å². The molecule has 0 unspecified atom stereocenters. The van der Waals surface area contributed by atoms with Crippen molar-refractivity contribution in [3.8, 4) is 0 Å². The number of para-hydroxylation sites is 2. The fourth-order valence-electron chi connectivity index (χ4n) is 2.53. The molecule has 2 radical (unpaired) electrons. The maximum absolute atomic E-state index is 13.5. The number of hydrogen-bond acceptors (Lipinski definition) is 4. The van der Waals surface area contributed by atoms with Crippen LogP contribution in [0.4, 0.5) is 31.8 Å². The van der Waals surface area contributed by atoms with E-state index in [9.17, 15) is 8.78 Å². The molecule has 0 amide bonds. The molecule has 3 heterocycles. The summed E-state index contributed by atoms with van der Waals surface area (Å²) < 4.78 is 27.0. The molecule has 0 spiro atoms. The third-order valence-electron chi connectivity index (χ3n) is 3.54. The van der Waals surface area contributed by atoms with Crippen LogP contribution in [-0.2, 0) is 20.1 Å². The third kappa shape index (κ3) is 2.90. The van der Waals surface area contributed by atoms with E-state index in [4.69, 9.17) is 0 Å². The quantitative estimate of drug-likeness (QED) is 0.505. The van der Waals surface area contributed by atoms with E-state index >= 15 is 0 Å². The second kappa shape index (κ2) is 6.67. The van der Waals surface area contributed by atoms with E-state index in [-0.39, 0.29) is 31.7 Å². The first-order valence-corrected chi connectivity index (χ1v) is 6.98. The molecule has 0 aliphatic carbocycles. The van der Waals surface area contributed by atoms with Gasteiger partial charge in [0.2, 0.25) is 0 Å². The van der Waals surface area contributed by atoms with Crippen LogP contribution in [0, 0.1) is 11.6 Å². The average molecular weight is 499 g/mol. The van der Waals surface area contributed by atoms with Crippen LogP contribution in [0.5, 0.6) is 0 Å². The molecule has 0 atom stereocenters. The normalized spacial score (nSPS) is 12.4. The minimum atomic E-state index is -0.372. The zero-order valence-corrected chi connectivity index (χ0v) is 14.6. The van der Waals surface area contributed by atoms with Crippen LogP contribution in [0.3, 0.4) is 0 Å².